The van der Waals surface area contributed by atoms with Gasteiger partial charge in [0, 0.05) is 22.6 Å². The van der Waals surface area contributed by atoms with Crippen LogP contribution in [0.25, 0.3) is 11.5 Å². The number of furan rings is 1. The Labute approximate surface area is 158 Å². The van der Waals surface area contributed by atoms with E-state index in [4.69, 9.17) is 8.83 Å². The van der Waals surface area contributed by atoms with Crippen LogP contribution in [0.15, 0.2) is 51.7 Å². The summed E-state index contributed by atoms with van der Waals surface area (Å²) >= 11 is 2.20. The molecule has 0 unspecified atom stereocenters. The number of piperidine rings is 1. The van der Waals surface area contributed by atoms with Crippen molar-refractivity contribution in [1.29, 1.82) is 0 Å². The van der Waals surface area contributed by atoms with Crippen molar-refractivity contribution in [2.45, 2.75) is 18.8 Å². The Morgan fingerprint density at radius 1 is 1.16 bits per heavy atom. The maximum absolute atomic E-state index is 12.7. The van der Waals surface area contributed by atoms with E-state index in [1.165, 1.54) is 0 Å². The number of hydrogen-bond donors (Lipinski definition) is 0. The smallest absolute Gasteiger partial charge is 0.254 e. The fourth-order valence-electron chi connectivity index (χ4n) is 3.04. The molecule has 0 saturated carbocycles. The van der Waals surface area contributed by atoms with Gasteiger partial charge in [-0.15, -0.1) is 10.2 Å². The summed E-state index contributed by atoms with van der Waals surface area (Å²) in [5.41, 5.74) is 1.55. The summed E-state index contributed by atoms with van der Waals surface area (Å²) in [6, 6.07) is 9.47. The van der Waals surface area contributed by atoms with E-state index in [0.29, 0.717) is 24.9 Å². The number of carbonyl (C=O) groups is 1. The zero-order valence-electron chi connectivity index (χ0n) is 13.4. The van der Waals surface area contributed by atoms with E-state index < -0.39 is 0 Å². The van der Waals surface area contributed by atoms with Crippen LogP contribution in [-0.2, 0) is 0 Å². The third kappa shape index (κ3) is 3.33. The molecule has 1 fully saturated rings. The van der Waals surface area contributed by atoms with Crippen LogP contribution in [0.3, 0.4) is 0 Å². The highest BCUT2D eigenvalue weighted by atomic mass is 127. The largest absolute Gasteiger partial charge is 0.472 e. The SMILES string of the molecule is O=C(c1ccccc1I)N1CCC(c2nnc(-c3ccoc3)o2)CC1. The number of nitrogens with zero attached hydrogens (tertiary/aromatic N) is 3. The molecule has 7 heteroatoms. The van der Waals surface area contributed by atoms with E-state index in [1.807, 2.05) is 29.2 Å². The quantitative estimate of drug-likeness (QED) is 0.567. The molecule has 128 valence electrons. The van der Waals surface area contributed by atoms with Crippen LogP contribution in [0.1, 0.15) is 35.0 Å². The molecule has 1 aliphatic heterocycles. The van der Waals surface area contributed by atoms with E-state index in [2.05, 4.69) is 32.8 Å². The number of aromatic nitrogens is 2. The van der Waals surface area contributed by atoms with Crippen molar-refractivity contribution in [3.63, 3.8) is 0 Å². The second-order valence-electron chi connectivity index (χ2n) is 6.00. The summed E-state index contributed by atoms with van der Waals surface area (Å²) in [4.78, 5) is 14.6. The number of hydrogen-bond acceptors (Lipinski definition) is 5. The highest BCUT2D eigenvalue weighted by Gasteiger charge is 2.28. The van der Waals surface area contributed by atoms with Crippen LogP contribution in [0, 0.1) is 3.57 Å². The van der Waals surface area contributed by atoms with Gasteiger partial charge in [-0.2, -0.15) is 0 Å². The molecule has 1 saturated heterocycles. The Kier molecular flexibility index (Phi) is 4.56. The Balaban J connectivity index is 1.42. The predicted octanol–water partition coefficient (Wildman–Crippen LogP) is 3.95. The molecule has 0 radical (unpaired) electrons. The fraction of sp³-hybridized carbons (Fsp3) is 0.278. The molecule has 4 rings (SSSR count). The van der Waals surface area contributed by atoms with Crippen LogP contribution >= 0.6 is 22.6 Å². The van der Waals surface area contributed by atoms with E-state index in [9.17, 15) is 4.79 Å². The average molecular weight is 449 g/mol. The Hall–Kier alpha value is -2.16. The van der Waals surface area contributed by atoms with Gasteiger partial charge in [0.15, 0.2) is 0 Å². The summed E-state index contributed by atoms with van der Waals surface area (Å²) in [5, 5.41) is 8.26. The molecule has 1 aliphatic rings. The van der Waals surface area contributed by atoms with Gasteiger partial charge in [0.1, 0.15) is 6.26 Å². The molecule has 1 aromatic carbocycles. The zero-order chi connectivity index (χ0) is 17.2. The number of carbonyl (C=O) groups excluding carboxylic acids is 1. The normalized spacial score (nSPS) is 15.5. The summed E-state index contributed by atoms with van der Waals surface area (Å²) in [6.07, 6.45) is 4.80. The van der Waals surface area contributed by atoms with Crippen molar-refractivity contribution in [1.82, 2.24) is 15.1 Å². The maximum atomic E-state index is 12.7. The lowest BCUT2D eigenvalue weighted by Gasteiger charge is -2.30. The van der Waals surface area contributed by atoms with Crippen molar-refractivity contribution in [3.8, 4) is 11.5 Å². The standard InChI is InChI=1S/C18H16IN3O3/c19-15-4-2-1-3-14(15)18(23)22-8-5-12(6-9-22)16-20-21-17(25-16)13-7-10-24-11-13/h1-4,7,10-12H,5-6,8-9H2. The van der Waals surface area contributed by atoms with Crippen molar-refractivity contribution in [2.75, 3.05) is 13.1 Å². The monoisotopic (exact) mass is 449 g/mol. The molecule has 3 heterocycles. The van der Waals surface area contributed by atoms with Crippen LogP contribution in [0.2, 0.25) is 0 Å². The molecule has 0 atom stereocenters. The van der Waals surface area contributed by atoms with Gasteiger partial charge in [-0.25, -0.2) is 0 Å². The first-order chi connectivity index (χ1) is 12.2. The minimum absolute atomic E-state index is 0.0908. The summed E-state index contributed by atoms with van der Waals surface area (Å²) in [5.74, 6) is 1.39. The van der Waals surface area contributed by atoms with E-state index >= 15 is 0 Å². The maximum Gasteiger partial charge on any atom is 0.254 e. The first-order valence-electron chi connectivity index (χ1n) is 8.12. The van der Waals surface area contributed by atoms with Crippen molar-refractivity contribution >= 4 is 28.5 Å². The minimum atomic E-state index is 0.0908. The van der Waals surface area contributed by atoms with Gasteiger partial charge >= 0.3 is 0 Å². The highest BCUT2D eigenvalue weighted by molar-refractivity contribution is 14.1. The Morgan fingerprint density at radius 2 is 1.96 bits per heavy atom. The lowest BCUT2D eigenvalue weighted by atomic mass is 9.96. The lowest BCUT2D eigenvalue weighted by Crippen LogP contribution is -2.38. The molecule has 0 bridgehead atoms. The molecular weight excluding hydrogens is 433 g/mol. The summed E-state index contributed by atoms with van der Waals surface area (Å²) in [6.45, 7) is 1.38. The van der Waals surface area contributed by atoms with Gasteiger partial charge < -0.3 is 13.7 Å². The van der Waals surface area contributed by atoms with Gasteiger partial charge in [-0.3, -0.25) is 4.79 Å². The Morgan fingerprint density at radius 3 is 2.68 bits per heavy atom. The first-order valence-corrected chi connectivity index (χ1v) is 9.20. The predicted molar refractivity (Wildman–Crippen MR) is 99.0 cm³/mol. The minimum Gasteiger partial charge on any atom is -0.472 e. The topological polar surface area (TPSA) is 72.4 Å². The summed E-state index contributed by atoms with van der Waals surface area (Å²) < 4.78 is 11.8. The average Bonchev–Trinajstić information content (AvgIpc) is 3.33. The van der Waals surface area contributed by atoms with Crippen LogP contribution < -0.4 is 0 Å². The van der Waals surface area contributed by atoms with E-state index in [1.54, 1.807) is 18.6 Å². The molecular formula is C18H16IN3O3. The van der Waals surface area contributed by atoms with Crippen LogP contribution in [-0.4, -0.2) is 34.1 Å². The van der Waals surface area contributed by atoms with Gasteiger partial charge in [-0.05, 0) is 53.6 Å². The fourth-order valence-corrected chi connectivity index (χ4v) is 3.65. The van der Waals surface area contributed by atoms with E-state index in [0.717, 1.165) is 27.5 Å². The molecule has 0 spiro atoms. The molecule has 1 amide bonds. The number of halogens is 1. The Bertz CT molecular complexity index is 867. The summed E-state index contributed by atoms with van der Waals surface area (Å²) in [7, 11) is 0. The molecule has 6 nitrogen and oxygen atoms in total. The number of amides is 1. The van der Waals surface area contributed by atoms with Crippen molar-refractivity contribution < 1.29 is 13.6 Å². The molecule has 2 aromatic heterocycles. The molecule has 0 aliphatic carbocycles. The zero-order valence-corrected chi connectivity index (χ0v) is 15.5. The third-order valence-corrected chi connectivity index (χ3v) is 5.39. The van der Waals surface area contributed by atoms with Crippen molar-refractivity contribution in [2.24, 2.45) is 0 Å². The second kappa shape index (κ2) is 6.99. The molecule has 3 aromatic rings. The molecule has 25 heavy (non-hydrogen) atoms. The molecule has 0 N–H and O–H groups in total. The highest BCUT2D eigenvalue weighted by Crippen LogP contribution is 2.30. The van der Waals surface area contributed by atoms with E-state index in [-0.39, 0.29) is 11.8 Å². The second-order valence-corrected chi connectivity index (χ2v) is 7.17. The van der Waals surface area contributed by atoms with Gasteiger partial charge in [0.2, 0.25) is 5.89 Å². The van der Waals surface area contributed by atoms with Gasteiger partial charge in [0.25, 0.3) is 11.8 Å². The number of rotatable bonds is 3. The van der Waals surface area contributed by atoms with Gasteiger partial charge in [0.05, 0.1) is 17.4 Å². The van der Waals surface area contributed by atoms with Crippen LogP contribution in [0.4, 0.5) is 0 Å². The number of benzene rings is 1. The lowest BCUT2D eigenvalue weighted by molar-refractivity contribution is 0.0705. The number of likely N-dealkylation sites (tertiary alicyclic amines) is 1. The third-order valence-electron chi connectivity index (χ3n) is 4.44. The van der Waals surface area contributed by atoms with Gasteiger partial charge in [-0.1, -0.05) is 12.1 Å². The first kappa shape index (κ1) is 16.3. The van der Waals surface area contributed by atoms with Crippen LogP contribution in [0.5, 0.6) is 0 Å². The van der Waals surface area contributed by atoms with Crippen molar-refractivity contribution in [3.05, 3.63) is 57.9 Å².